The monoisotopic (exact) mass is 496 g/mol. The number of hydrogen-bond donors (Lipinski definition) is 2. The Bertz CT molecular complexity index is 1140. The zero-order valence-electron chi connectivity index (χ0n) is 20.8. The van der Waals surface area contributed by atoms with Gasteiger partial charge < -0.3 is 24.1 Å². The molecule has 7 heteroatoms. The van der Waals surface area contributed by atoms with Gasteiger partial charge in [-0.15, -0.1) is 0 Å². The van der Waals surface area contributed by atoms with Crippen molar-refractivity contribution in [3.05, 3.63) is 83.6 Å². The SMILES string of the molecule is CCOC(=O)CC(O)CC(O)C=Cc1c(-c2ccc(F)cc2)cc(OCc2ccoc2)cc1C(C)C. The zero-order valence-corrected chi connectivity index (χ0v) is 20.8. The number of hydrogen-bond acceptors (Lipinski definition) is 6. The van der Waals surface area contributed by atoms with Crippen LogP contribution in [0.1, 0.15) is 56.2 Å². The molecule has 0 fully saturated rings. The first-order valence-electron chi connectivity index (χ1n) is 12.0. The molecular formula is C29H33FO6. The van der Waals surface area contributed by atoms with Crippen LogP contribution in [-0.4, -0.2) is 35.0 Å². The fourth-order valence-corrected chi connectivity index (χ4v) is 3.87. The lowest BCUT2D eigenvalue weighted by atomic mass is 9.89. The van der Waals surface area contributed by atoms with Crippen molar-refractivity contribution in [2.75, 3.05) is 6.61 Å². The molecule has 0 aliphatic carbocycles. The lowest BCUT2D eigenvalue weighted by Gasteiger charge is -2.19. The van der Waals surface area contributed by atoms with Crippen LogP contribution in [0.25, 0.3) is 17.2 Å². The third-order valence-electron chi connectivity index (χ3n) is 5.65. The Morgan fingerprint density at radius 1 is 1.14 bits per heavy atom. The van der Waals surface area contributed by atoms with Gasteiger partial charge in [0.25, 0.3) is 0 Å². The molecule has 0 amide bonds. The maximum atomic E-state index is 13.6. The van der Waals surface area contributed by atoms with Gasteiger partial charge in [-0.3, -0.25) is 4.79 Å². The van der Waals surface area contributed by atoms with E-state index in [1.165, 1.54) is 12.1 Å². The van der Waals surface area contributed by atoms with Crippen molar-refractivity contribution in [3.63, 3.8) is 0 Å². The number of carbonyl (C=O) groups is 1. The van der Waals surface area contributed by atoms with Gasteiger partial charge >= 0.3 is 5.97 Å². The van der Waals surface area contributed by atoms with Gasteiger partial charge in [0.05, 0.1) is 37.8 Å². The highest BCUT2D eigenvalue weighted by Gasteiger charge is 2.17. The molecule has 2 unspecified atom stereocenters. The van der Waals surface area contributed by atoms with Crippen LogP contribution in [0.5, 0.6) is 5.75 Å². The number of rotatable bonds is 12. The number of carbonyl (C=O) groups excluding carboxylic acids is 1. The van der Waals surface area contributed by atoms with Gasteiger partial charge in [-0.05, 0) is 65.4 Å². The smallest absolute Gasteiger partial charge is 0.308 e. The van der Waals surface area contributed by atoms with E-state index >= 15 is 0 Å². The molecule has 6 nitrogen and oxygen atoms in total. The van der Waals surface area contributed by atoms with Gasteiger partial charge in [0.2, 0.25) is 0 Å². The van der Waals surface area contributed by atoms with Gasteiger partial charge in [0.1, 0.15) is 18.2 Å². The largest absolute Gasteiger partial charge is 0.489 e. The molecule has 0 aliphatic heterocycles. The van der Waals surface area contributed by atoms with E-state index < -0.39 is 18.2 Å². The Labute approximate surface area is 211 Å². The van der Waals surface area contributed by atoms with Gasteiger partial charge in [-0.2, -0.15) is 0 Å². The number of furan rings is 1. The Morgan fingerprint density at radius 3 is 2.53 bits per heavy atom. The molecule has 2 N–H and O–H groups in total. The van der Waals surface area contributed by atoms with E-state index in [4.69, 9.17) is 13.9 Å². The Balaban J connectivity index is 1.91. The van der Waals surface area contributed by atoms with E-state index in [0.29, 0.717) is 12.4 Å². The van der Waals surface area contributed by atoms with Gasteiger partial charge in [-0.1, -0.05) is 38.1 Å². The standard InChI is InChI=1S/C29H33FO6/c1-4-35-29(33)14-24(32)13-23(31)9-10-26-27(19(2)3)15-25(36-18-20-11-12-34-17-20)16-28(26)21-5-7-22(30)8-6-21/h5-12,15-17,19,23-24,31-32H,4,13-14,18H2,1-3H3. The van der Waals surface area contributed by atoms with Crippen LogP contribution in [-0.2, 0) is 16.1 Å². The van der Waals surface area contributed by atoms with Crippen LogP contribution in [0.15, 0.2) is 65.5 Å². The van der Waals surface area contributed by atoms with E-state index in [-0.39, 0.29) is 31.2 Å². The molecule has 0 aliphatic rings. The van der Waals surface area contributed by atoms with Crippen molar-refractivity contribution < 1.29 is 33.3 Å². The summed E-state index contributed by atoms with van der Waals surface area (Å²) >= 11 is 0. The molecular weight excluding hydrogens is 463 g/mol. The normalized spacial score (nSPS) is 13.2. The van der Waals surface area contributed by atoms with Crippen LogP contribution >= 0.6 is 0 Å². The number of aliphatic hydroxyl groups is 2. The third-order valence-corrected chi connectivity index (χ3v) is 5.65. The van der Waals surface area contributed by atoms with Crippen molar-refractivity contribution in [2.24, 2.45) is 0 Å². The van der Waals surface area contributed by atoms with Crippen molar-refractivity contribution in [1.82, 2.24) is 0 Å². The van der Waals surface area contributed by atoms with Gasteiger partial charge in [0, 0.05) is 12.0 Å². The van der Waals surface area contributed by atoms with Crippen LogP contribution in [0.2, 0.25) is 0 Å². The lowest BCUT2D eigenvalue weighted by molar-refractivity contribution is -0.145. The fourth-order valence-electron chi connectivity index (χ4n) is 3.87. The highest BCUT2D eigenvalue weighted by atomic mass is 19.1. The molecule has 2 atom stereocenters. The predicted octanol–water partition coefficient (Wildman–Crippen LogP) is 5.87. The minimum Gasteiger partial charge on any atom is -0.489 e. The predicted molar refractivity (Wildman–Crippen MR) is 136 cm³/mol. The molecule has 2 aromatic carbocycles. The third kappa shape index (κ3) is 7.80. The van der Waals surface area contributed by atoms with Crippen LogP contribution < -0.4 is 4.74 Å². The zero-order chi connectivity index (χ0) is 26.1. The summed E-state index contributed by atoms with van der Waals surface area (Å²) < 4.78 is 29.6. The highest BCUT2D eigenvalue weighted by Crippen LogP contribution is 2.36. The summed E-state index contributed by atoms with van der Waals surface area (Å²) in [5.41, 5.74) is 4.35. The van der Waals surface area contributed by atoms with Crippen molar-refractivity contribution in [1.29, 1.82) is 0 Å². The molecule has 3 rings (SSSR count). The molecule has 1 aromatic heterocycles. The first-order valence-corrected chi connectivity index (χ1v) is 12.0. The van der Waals surface area contributed by atoms with Gasteiger partial charge in [-0.25, -0.2) is 4.39 Å². The number of benzene rings is 2. The molecule has 36 heavy (non-hydrogen) atoms. The van der Waals surface area contributed by atoms with Crippen LogP contribution in [0.4, 0.5) is 4.39 Å². The summed E-state index contributed by atoms with van der Waals surface area (Å²) in [7, 11) is 0. The summed E-state index contributed by atoms with van der Waals surface area (Å²) in [6.45, 7) is 6.38. The average molecular weight is 497 g/mol. The number of halogens is 1. The molecule has 0 radical (unpaired) electrons. The minimum atomic E-state index is -1.02. The Hall–Kier alpha value is -3.42. The molecule has 0 spiro atoms. The second-order valence-corrected chi connectivity index (χ2v) is 8.88. The van der Waals surface area contributed by atoms with E-state index in [0.717, 1.165) is 27.8 Å². The second kappa shape index (κ2) is 13.0. The molecule has 3 aromatic rings. The summed E-state index contributed by atoms with van der Waals surface area (Å²) in [6.07, 6.45) is 4.41. The van der Waals surface area contributed by atoms with E-state index in [1.807, 2.05) is 18.2 Å². The quantitative estimate of drug-likeness (QED) is 0.305. The Kier molecular flexibility index (Phi) is 9.85. The second-order valence-electron chi connectivity index (χ2n) is 8.88. The summed E-state index contributed by atoms with van der Waals surface area (Å²) in [5.74, 6) is -0.0687. The number of aliphatic hydroxyl groups excluding tert-OH is 2. The number of ether oxygens (including phenoxy) is 2. The molecule has 1 heterocycles. The van der Waals surface area contributed by atoms with Crippen LogP contribution in [0.3, 0.4) is 0 Å². The minimum absolute atomic E-state index is 0.00982. The summed E-state index contributed by atoms with van der Waals surface area (Å²) in [5, 5.41) is 20.6. The molecule has 0 saturated heterocycles. The summed E-state index contributed by atoms with van der Waals surface area (Å²) in [6, 6.07) is 11.9. The van der Waals surface area contributed by atoms with Crippen molar-refractivity contribution in [2.45, 2.75) is 58.3 Å². The topological polar surface area (TPSA) is 89.1 Å². The highest BCUT2D eigenvalue weighted by molar-refractivity contribution is 5.79. The van der Waals surface area contributed by atoms with E-state index in [2.05, 4.69) is 13.8 Å². The van der Waals surface area contributed by atoms with Gasteiger partial charge in [0.15, 0.2) is 0 Å². The van der Waals surface area contributed by atoms with Crippen molar-refractivity contribution in [3.8, 4) is 16.9 Å². The molecule has 192 valence electrons. The maximum Gasteiger partial charge on any atom is 0.308 e. The van der Waals surface area contributed by atoms with E-state index in [1.54, 1.807) is 43.7 Å². The van der Waals surface area contributed by atoms with Crippen LogP contribution in [0, 0.1) is 5.82 Å². The summed E-state index contributed by atoms with van der Waals surface area (Å²) in [4.78, 5) is 11.6. The molecule has 0 saturated carbocycles. The first kappa shape index (κ1) is 27.2. The van der Waals surface area contributed by atoms with E-state index in [9.17, 15) is 19.4 Å². The maximum absolute atomic E-state index is 13.6. The van der Waals surface area contributed by atoms with Crippen molar-refractivity contribution >= 4 is 12.0 Å². The lowest BCUT2D eigenvalue weighted by Crippen LogP contribution is -2.20. The first-order chi connectivity index (χ1) is 17.3. The average Bonchev–Trinajstić information content (AvgIpc) is 3.35. The number of esters is 1. The molecule has 0 bridgehead atoms. The fraction of sp³-hybridized carbons (Fsp3) is 0.345. The Morgan fingerprint density at radius 2 is 1.89 bits per heavy atom.